The molecule has 2 aromatic carbocycles. The van der Waals surface area contributed by atoms with Crippen molar-refractivity contribution in [3.63, 3.8) is 0 Å². The maximum absolute atomic E-state index is 13.1. The van der Waals surface area contributed by atoms with Crippen LogP contribution in [-0.4, -0.2) is 41.5 Å². The van der Waals surface area contributed by atoms with Gasteiger partial charge in [0.05, 0.1) is 16.8 Å². The maximum atomic E-state index is 13.1. The number of fused-ring (bicyclic) bond motifs is 2. The number of hydrogen-bond donors (Lipinski definition) is 1. The second-order valence-corrected chi connectivity index (χ2v) is 8.01. The summed E-state index contributed by atoms with van der Waals surface area (Å²) in [6, 6.07) is 14.9. The SMILES string of the molecule is CCN1CCc2nc3ccccc3c(C(=O)OCC(=O)Nc3ccccc3Br)c2C1. The fourth-order valence-corrected chi connectivity index (χ4v) is 4.09. The number of hydrogen-bond acceptors (Lipinski definition) is 5. The summed E-state index contributed by atoms with van der Waals surface area (Å²) in [5.41, 5.74) is 3.75. The molecule has 0 saturated carbocycles. The zero-order valence-electron chi connectivity index (χ0n) is 16.7. The summed E-state index contributed by atoms with van der Waals surface area (Å²) in [5.74, 6) is -0.886. The molecule has 4 rings (SSSR count). The number of carbonyl (C=O) groups excluding carboxylic acids is 2. The zero-order valence-corrected chi connectivity index (χ0v) is 18.2. The van der Waals surface area contributed by atoms with E-state index in [9.17, 15) is 9.59 Å². The smallest absolute Gasteiger partial charge is 0.339 e. The van der Waals surface area contributed by atoms with E-state index in [0.717, 1.165) is 46.1 Å². The van der Waals surface area contributed by atoms with Crippen LogP contribution in [0.4, 0.5) is 5.69 Å². The number of anilines is 1. The standard InChI is InChI=1S/C23H22BrN3O3/c1-2-27-12-11-19-16(13-27)22(15-7-3-5-9-18(15)25-19)23(29)30-14-21(28)26-20-10-6-4-8-17(20)24/h3-10H,2,11-14H2,1H3,(H,26,28). The minimum atomic E-state index is -0.495. The number of amides is 1. The molecule has 3 aromatic rings. The van der Waals surface area contributed by atoms with Gasteiger partial charge in [-0.05, 0) is 40.7 Å². The monoisotopic (exact) mass is 467 g/mol. The van der Waals surface area contributed by atoms with E-state index in [1.54, 1.807) is 6.07 Å². The molecule has 154 valence electrons. The van der Waals surface area contributed by atoms with E-state index in [-0.39, 0.29) is 6.61 Å². The zero-order chi connectivity index (χ0) is 21.1. The first-order valence-electron chi connectivity index (χ1n) is 9.91. The fourth-order valence-electron chi connectivity index (χ4n) is 3.70. The Bertz CT molecular complexity index is 1120. The van der Waals surface area contributed by atoms with Crippen LogP contribution in [0.15, 0.2) is 53.0 Å². The molecule has 1 aromatic heterocycles. The van der Waals surface area contributed by atoms with E-state index in [0.29, 0.717) is 17.8 Å². The number of benzene rings is 2. The van der Waals surface area contributed by atoms with Gasteiger partial charge in [-0.3, -0.25) is 14.7 Å². The number of aromatic nitrogens is 1. The minimum Gasteiger partial charge on any atom is -0.452 e. The van der Waals surface area contributed by atoms with Crippen molar-refractivity contribution >= 4 is 44.4 Å². The first-order chi connectivity index (χ1) is 14.6. The Kier molecular flexibility index (Phi) is 6.11. The maximum Gasteiger partial charge on any atom is 0.339 e. The quantitative estimate of drug-likeness (QED) is 0.570. The number of nitrogens with one attached hydrogen (secondary N) is 1. The first kappa shape index (κ1) is 20.5. The molecule has 0 saturated heterocycles. The molecule has 0 unspecified atom stereocenters. The molecule has 0 aliphatic carbocycles. The van der Waals surface area contributed by atoms with Crippen LogP contribution >= 0.6 is 15.9 Å². The highest BCUT2D eigenvalue weighted by molar-refractivity contribution is 9.10. The van der Waals surface area contributed by atoms with Gasteiger partial charge in [0.15, 0.2) is 6.61 Å². The molecule has 1 aliphatic heterocycles. The third-order valence-corrected chi connectivity index (χ3v) is 5.95. The highest BCUT2D eigenvalue weighted by atomic mass is 79.9. The number of carbonyl (C=O) groups is 2. The minimum absolute atomic E-state index is 0.358. The van der Waals surface area contributed by atoms with E-state index in [1.807, 2.05) is 42.5 Å². The number of pyridine rings is 1. The molecule has 1 N–H and O–H groups in total. The predicted molar refractivity (Wildman–Crippen MR) is 119 cm³/mol. The predicted octanol–water partition coefficient (Wildman–Crippen LogP) is 4.17. The highest BCUT2D eigenvalue weighted by Gasteiger charge is 2.26. The van der Waals surface area contributed by atoms with Crippen molar-refractivity contribution in [2.75, 3.05) is 25.0 Å². The van der Waals surface area contributed by atoms with E-state index < -0.39 is 11.9 Å². The Morgan fingerprint density at radius 1 is 1.17 bits per heavy atom. The van der Waals surface area contributed by atoms with Gasteiger partial charge in [0.1, 0.15) is 0 Å². The van der Waals surface area contributed by atoms with Crippen molar-refractivity contribution in [1.29, 1.82) is 0 Å². The summed E-state index contributed by atoms with van der Waals surface area (Å²) in [7, 11) is 0. The molecule has 0 atom stereocenters. The molecule has 0 spiro atoms. The van der Waals surface area contributed by atoms with E-state index >= 15 is 0 Å². The van der Waals surface area contributed by atoms with Crippen molar-refractivity contribution in [1.82, 2.24) is 9.88 Å². The number of halogens is 1. The van der Waals surface area contributed by atoms with Crippen LogP contribution in [0.3, 0.4) is 0 Å². The summed E-state index contributed by atoms with van der Waals surface area (Å²) < 4.78 is 6.19. The van der Waals surface area contributed by atoms with Crippen LogP contribution < -0.4 is 5.32 Å². The van der Waals surface area contributed by atoms with Gasteiger partial charge >= 0.3 is 5.97 Å². The van der Waals surface area contributed by atoms with Crippen LogP contribution in [0.2, 0.25) is 0 Å². The van der Waals surface area contributed by atoms with Gasteiger partial charge in [0, 0.05) is 40.6 Å². The molecule has 1 amide bonds. The molecule has 0 fully saturated rings. The van der Waals surface area contributed by atoms with Gasteiger partial charge in [-0.15, -0.1) is 0 Å². The normalized spacial score (nSPS) is 13.7. The summed E-state index contributed by atoms with van der Waals surface area (Å²) >= 11 is 3.39. The Hall–Kier alpha value is -2.77. The van der Waals surface area contributed by atoms with Gasteiger partial charge in [-0.1, -0.05) is 37.3 Å². The number of likely N-dealkylation sites (N-methyl/N-ethyl adjacent to an activating group) is 1. The lowest BCUT2D eigenvalue weighted by Gasteiger charge is -2.28. The number of para-hydroxylation sites is 2. The number of ether oxygens (including phenoxy) is 1. The third-order valence-electron chi connectivity index (χ3n) is 5.26. The van der Waals surface area contributed by atoms with Crippen LogP contribution in [0.25, 0.3) is 10.9 Å². The Balaban J connectivity index is 1.58. The fraction of sp³-hybridized carbons (Fsp3) is 0.261. The van der Waals surface area contributed by atoms with Gasteiger partial charge in [0.25, 0.3) is 5.91 Å². The largest absolute Gasteiger partial charge is 0.452 e. The highest BCUT2D eigenvalue weighted by Crippen LogP contribution is 2.29. The molecule has 2 heterocycles. The average Bonchev–Trinajstić information content (AvgIpc) is 2.77. The lowest BCUT2D eigenvalue weighted by molar-refractivity contribution is -0.119. The van der Waals surface area contributed by atoms with Crippen LogP contribution in [-0.2, 0) is 22.5 Å². The lowest BCUT2D eigenvalue weighted by Crippen LogP contribution is -2.32. The van der Waals surface area contributed by atoms with Crippen LogP contribution in [0.1, 0.15) is 28.5 Å². The van der Waals surface area contributed by atoms with Crippen molar-refractivity contribution in [3.8, 4) is 0 Å². The number of nitrogens with zero attached hydrogens (tertiary/aromatic N) is 2. The van der Waals surface area contributed by atoms with Gasteiger partial charge < -0.3 is 10.1 Å². The number of esters is 1. The molecular weight excluding hydrogens is 446 g/mol. The van der Waals surface area contributed by atoms with E-state index in [1.165, 1.54) is 0 Å². The van der Waals surface area contributed by atoms with Crippen molar-refractivity contribution in [2.24, 2.45) is 0 Å². The number of rotatable bonds is 5. The third kappa shape index (κ3) is 4.22. The lowest BCUT2D eigenvalue weighted by atomic mass is 9.96. The summed E-state index contributed by atoms with van der Waals surface area (Å²) in [6.45, 7) is 4.21. The molecule has 7 heteroatoms. The van der Waals surface area contributed by atoms with Gasteiger partial charge in [-0.2, -0.15) is 0 Å². The van der Waals surface area contributed by atoms with Crippen molar-refractivity contribution < 1.29 is 14.3 Å². The molecular formula is C23H22BrN3O3. The Morgan fingerprint density at radius 3 is 2.73 bits per heavy atom. The molecule has 30 heavy (non-hydrogen) atoms. The summed E-state index contributed by atoms with van der Waals surface area (Å²) in [5, 5.41) is 3.50. The summed E-state index contributed by atoms with van der Waals surface area (Å²) in [6.07, 6.45) is 0.788. The molecule has 0 bridgehead atoms. The Labute approximate surface area is 183 Å². The second kappa shape index (κ2) is 8.93. The first-order valence-corrected chi connectivity index (χ1v) is 10.7. The molecule has 0 radical (unpaired) electrons. The Morgan fingerprint density at radius 2 is 1.93 bits per heavy atom. The molecule has 6 nitrogen and oxygen atoms in total. The van der Waals surface area contributed by atoms with Crippen LogP contribution in [0, 0.1) is 0 Å². The average molecular weight is 468 g/mol. The van der Waals surface area contributed by atoms with Gasteiger partial charge in [0.2, 0.25) is 0 Å². The molecule has 1 aliphatic rings. The van der Waals surface area contributed by atoms with Crippen molar-refractivity contribution in [2.45, 2.75) is 19.9 Å². The van der Waals surface area contributed by atoms with E-state index in [2.05, 4.69) is 33.1 Å². The second-order valence-electron chi connectivity index (χ2n) is 7.15. The van der Waals surface area contributed by atoms with Crippen LogP contribution in [0.5, 0.6) is 0 Å². The van der Waals surface area contributed by atoms with E-state index in [4.69, 9.17) is 9.72 Å². The summed E-state index contributed by atoms with van der Waals surface area (Å²) in [4.78, 5) is 32.5. The van der Waals surface area contributed by atoms with Gasteiger partial charge in [-0.25, -0.2) is 4.79 Å². The van der Waals surface area contributed by atoms with Crippen molar-refractivity contribution in [3.05, 3.63) is 69.8 Å². The topological polar surface area (TPSA) is 71.5 Å².